The molecule has 10 heteroatoms. The lowest BCUT2D eigenvalue weighted by Gasteiger charge is -2.23. The van der Waals surface area contributed by atoms with Gasteiger partial charge in [0.15, 0.2) is 16.7 Å². The Balaban J connectivity index is 1.18. The molecule has 0 fully saturated rings. The van der Waals surface area contributed by atoms with Crippen molar-refractivity contribution in [2.75, 3.05) is 12.1 Å². The molecule has 2 atom stereocenters. The van der Waals surface area contributed by atoms with E-state index >= 15 is 0 Å². The molecule has 0 aromatic heterocycles. The third kappa shape index (κ3) is 4.79. The number of nitrogens with one attached hydrogen (secondary N) is 1. The SMILES string of the molecule is O=C(C[C@H]1SC(N2N=C(c3ccccc3)C[C@H]2c2ccc(F)cc2)=NC1=O)Nc1ccc2c(c1)OCO2. The molecule has 3 heterocycles. The molecule has 0 radical (unpaired) electrons. The molecule has 186 valence electrons. The second kappa shape index (κ2) is 9.70. The van der Waals surface area contributed by atoms with Crippen molar-refractivity contribution in [1.29, 1.82) is 0 Å². The van der Waals surface area contributed by atoms with Crippen molar-refractivity contribution in [2.24, 2.45) is 10.1 Å². The highest BCUT2D eigenvalue weighted by molar-refractivity contribution is 8.15. The van der Waals surface area contributed by atoms with Crippen LogP contribution in [0.15, 0.2) is 82.9 Å². The van der Waals surface area contributed by atoms with Crippen LogP contribution in [0.25, 0.3) is 0 Å². The zero-order valence-corrected chi connectivity index (χ0v) is 20.3. The van der Waals surface area contributed by atoms with E-state index in [9.17, 15) is 14.0 Å². The van der Waals surface area contributed by atoms with Gasteiger partial charge in [-0.2, -0.15) is 10.1 Å². The summed E-state index contributed by atoms with van der Waals surface area (Å²) in [5, 5.41) is 9.07. The Kier molecular flexibility index (Phi) is 6.09. The first-order valence-corrected chi connectivity index (χ1v) is 12.6. The molecule has 2 amide bonds. The van der Waals surface area contributed by atoms with E-state index in [1.165, 1.54) is 23.9 Å². The van der Waals surface area contributed by atoms with Gasteiger partial charge in [0.05, 0.1) is 11.8 Å². The molecule has 3 aliphatic heterocycles. The van der Waals surface area contributed by atoms with Crippen molar-refractivity contribution in [3.05, 3.63) is 89.7 Å². The Hall–Kier alpha value is -4.18. The first-order valence-electron chi connectivity index (χ1n) is 11.7. The molecule has 1 N–H and O–H groups in total. The average molecular weight is 517 g/mol. The predicted molar refractivity (Wildman–Crippen MR) is 138 cm³/mol. The number of hydrogen-bond acceptors (Lipinski definition) is 7. The van der Waals surface area contributed by atoms with Gasteiger partial charge in [-0.1, -0.05) is 54.2 Å². The monoisotopic (exact) mass is 516 g/mol. The summed E-state index contributed by atoms with van der Waals surface area (Å²) in [6, 6.07) is 20.9. The van der Waals surface area contributed by atoms with Gasteiger partial charge >= 0.3 is 0 Å². The molecule has 0 bridgehead atoms. The van der Waals surface area contributed by atoms with Crippen LogP contribution in [0.2, 0.25) is 0 Å². The van der Waals surface area contributed by atoms with Crippen LogP contribution in [0.4, 0.5) is 10.1 Å². The maximum atomic E-state index is 13.6. The van der Waals surface area contributed by atoms with Crippen LogP contribution in [0.3, 0.4) is 0 Å². The maximum Gasteiger partial charge on any atom is 0.262 e. The second-order valence-electron chi connectivity index (χ2n) is 8.69. The summed E-state index contributed by atoms with van der Waals surface area (Å²) in [5.74, 6) is 0.152. The molecule has 8 nitrogen and oxygen atoms in total. The highest BCUT2D eigenvalue weighted by Crippen LogP contribution is 2.39. The fourth-order valence-corrected chi connectivity index (χ4v) is 5.46. The summed E-state index contributed by atoms with van der Waals surface area (Å²) in [4.78, 5) is 29.7. The Morgan fingerprint density at radius 1 is 1.05 bits per heavy atom. The van der Waals surface area contributed by atoms with E-state index in [1.807, 2.05) is 30.3 Å². The van der Waals surface area contributed by atoms with E-state index in [0.29, 0.717) is 28.8 Å². The van der Waals surface area contributed by atoms with Gasteiger partial charge in [0, 0.05) is 24.6 Å². The number of aliphatic imine (C=N–C) groups is 1. The Morgan fingerprint density at radius 2 is 1.84 bits per heavy atom. The van der Waals surface area contributed by atoms with Crippen LogP contribution in [0.5, 0.6) is 11.5 Å². The number of fused-ring (bicyclic) bond motifs is 1. The number of hydrazone groups is 1. The standard InChI is InChI=1S/C27H21FN4O4S/c28-18-8-6-17(7-9-18)21-13-20(16-4-2-1-3-5-16)31-32(21)27-30-26(34)24(37-27)14-25(33)29-19-10-11-22-23(12-19)36-15-35-22/h1-12,21,24H,13-15H2,(H,29,33)/t21-,24+/m0/s1. The highest BCUT2D eigenvalue weighted by atomic mass is 32.2. The molecule has 0 unspecified atom stereocenters. The number of rotatable bonds is 5. The molecule has 0 saturated carbocycles. The fourth-order valence-electron chi connectivity index (χ4n) is 4.40. The van der Waals surface area contributed by atoms with E-state index < -0.39 is 5.25 Å². The van der Waals surface area contributed by atoms with Crippen molar-refractivity contribution in [3.8, 4) is 11.5 Å². The van der Waals surface area contributed by atoms with Gasteiger partial charge in [0.2, 0.25) is 12.7 Å². The Morgan fingerprint density at radius 3 is 2.65 bits per heavy atom. The van der Waals surface area contributed by atoms with Crippen LogP contribution in [-0.2, 0) is 9.59 Å². The molecular formula is C27H21FN4O4S. The van der Waals surface area contributed by atoms with Crippen molar-refractivity contribution in [2.45, 2.75) is 24.1 Å². The number of ether oxygens (including phenoxy) is 2. The number of hydrogen-bond donors (Lipinski definition) is 1. The van der Waals surface area contributed by atoms with Gasteiger partial charge in [-0.15, -0.1) is 0 Å². The Labute approximate surface area is 216 Å². The summed E-state index contributed by atoms with van der Waals surface area (Å²) in [5.41, 5.74) is 3.22. The summed E-state index contributed by atoms with van der Waals surface area (Å²) < 4.78 is 24.2. The number of carbonyl (C=O) groups is 2. The second-order valence-corrected chi connectivity index (χ2v) is 9.86. The topological polar surface area (TPSA) is 92.6 Å². The summed E-state index contributed by atoms with van der Waals surface area (Å²) in [7, 11) is 0. The molecule has 3 aromatic carbocycles. The number of thioether (sulfide) groups is 1. The largest absolute Gasteiger partial charge is 0.454 e. The van der Waals surface area contributed by atoms with Crippen LogP contribution in [0.1, 0.15) is 30.0 Å². The average Bonchev–Trinajstić information content (AvgIpc) is 3.64. The van der Waals surface area contributed by atoms with Crippen LogP contribution >= 0.6 is 11.8 Å². The molecule has 37 heavy (non-hydrogen) atoms. The van der Waals surface area contributed by atoms with E-state index in [-0.39, 0.29) is 36.9 Å². The highest BCUT2D eigenvalue weighted by Gasteiger charge is 2.39. The minimum atomic E-state index is -0.672. The molecule has 6 rings (SSSR count). The fraction of sp³-hybridized carbons (Fsp3) is 0.185. The quantitative estimate of drug-likeness (QED) is 0.527. The van der Waals surface area contributed by atoms with Crippen LogP contribution in [0, 0.1) is 5.82 Å². The Bertz CT molecular complexity index is 1430. The predicted octanol–water partition coefficient (Wildman–Crippen LogP) is 4.73. The molecule has 0 spiro atoms. The van der Waals surface area contributed by atoms with Gasteiger partial charge < -0.3 is 14.8 Å². The first kappa shape index (κ1) is 23.2. The van der Waals surface area contributed by atoms with E-state index in [1.54, 1.807) is 35.3 Å². The number of anilines is 1. The third-order valence-electron chi connectivity index (χ3n) is 6.22. The van der Waals surface area contributed by atoms with Gasteiger partial charge in [-0.3, -0.25) is 9.59 Å². The zero-order chi connectivity index (χ0) is 25.4. The number of carbonyl (C=O) groups excluding carboxylic acids is 2. The normalized spacial score (nSPS) is 20.1. The number of halogens is 1. The zero-order valence-electron chi connectivity index (χ0n) is 19.5. The first-order chi connectivity index (χ1) is 18.0. The van der Waals surface area contributed by atoms with E-state index in [2.05, 4.69) is 10.3 Å². The summed E-state index contributed by atoms with van der Waals surface area (Å²) in [6.45, 7) is 0.143. The maximum absolute atomic E-state index is 13.6. The van der Waals surface area contributed by atoms with Crippen molar-refractivity contribution < 1.29 is 23.5 Å². The number of amides is 2. The van der Waals surface area contributed by atoms with Crippen LogP contribution in [-0.4, -0.2) is 39.7 Å². The minimum absolute atomic E-state index is 0.0464. The van der Waals surface area contributed by atoms with Crippen molar-refractivity contribution in [1.82, 2.24) is 5.01 Å². The van der Waals surface area contributed by atoms with Gasteiger partial charge in [0.25, 0.3) is 5.91 Å². The molecule has 3 aliphatic rings. The number of benzene rings is 3. The molecular weight excluding hydrogens is 495 g/mol. The molecule has 3 aromatic rings. The van der Waals surface area contributed by atoms with Crippen LogP contribution < -0.4 is 14.8 Å². The molecule has 0 saturated heterocycles. The number of nitrogens with zero attached hydrogens (tertiary/aromatic N) is 3. The van der Waals surface area contributed by atoms with E-state index in [4.69, 9.17) is 14.6 Å². The lowest BCUT2D eigenvalue weighted by atomic mass is 9.99. The lowest BCUT2D eigenvalue weighted by Crippen LogP contribution is -2.25. The van der Waals surface area contributed by atoms with Gasteiger partial charge in [-0.25, -0.2) is 9.40 Å². The third-order valence-corrected chi connectivity index (χ3v) is 7.37. The lowest BCUT2D eigenvalue weighted by molar-refractivity contribution is -0.121. The summed E-state index contributed by atoms with van der Waals surface area (Å²) >= 11 is 1.21. The number of amidine groups is 1. The molecule has 0 aliphatic carbocycles. The van der Waals surface area contributed by atoms with Gasteiger partial charge in [0.1, 0.15) is 11.1 Å². The minimum Gasteiger partial charge on any atom is -0.454 e. The van der Waals surface area contributed by atoms with Crippen molar-refractivity contribution >= 4 is 40.1 Å². The smallest absolute Gasteiger partial charge is 0.262 e. The summed E-state index contributed by atoms with van der Waals surface area (Å²) in [6.07, 6.45) is 0.522. The van der Waals surface area contributed by atoms with E-state index in [0.717, 1.165) is 16.8 Å². The van der Waals surface area contributed by atoms with Gasteiger partial charge in [-0.05, 0) is 35.4 Å². The van der Waals surface area contributed by atoms with Crippen molar-refractivity contribution in [3.63, 3.8) is 0 Å².